The van der Waals surface area contributed by atoms with E-state index in [1.165, 1.54) is 0 Å². The number of hydrogen-bond acceptors (Lipinski definition) is 4. The van der Waals surface area contributed by atoms with E-state index in [9.17, 15) is 0 Å². The topological polar surface area (TPSA) is 53.7 Å². The molecule has 0 bridgehead atoms. The predicted molar refractivity (Wildman–Crippen MR) is 75.3 cm³/mol. The summed E-state index contributed by atoms with van der Waals surface area (Å²) in [4.78, 5) is 0. The molecule has 0 spiro atoms. The average Bonchev–Trinajstić information content (AvgIpc) is 2.36. The van der Waals surface area contributed by atoms with E-state index in [1.807, 2.05) is 47.3 Å². The van der Waals surface area contributed by atoms with Crippen molar-refractivity contribution >= 4 is 23.0 Å². The van der Waals surface area contributed by atoms with Gasteiger partial charge in [0.25, 0.3) is 0 Å². The first-order chi connectivity index (χ1) is 8.31. The highest BCUT2D eigenvalue weighted by molar-refractivity contribution is 14.1. The molecule has 0 aliphatic heterocycles. The van der Waals surface area contributed by atoms with Crippen LogP contribution in [-0.4, -0.2) is 26.9 Å². The summed E-state index contributed by atoms with van der Waals surface area (Å²) in [5, 5.41) is 0. The number of rotatable bonds is 8. The molecule has 0 saturated heterocycles. The van der Waals surface area contributed by atoms with E-state index in [-0.39, 0.29) is 6.10 Å². The fourth-order valence-corrected chi connectivity index (χ4v) is 2.01. The van der Waals surface area contributed by atoms with Crippen molar-refractivity contribution < 1.29 is 12.5 Å². The van der Waals surface area contributed by atoms with Crippen molar-refractivity contribution in [3.05, 3.63) is 29.8 Å². The standard InChI is InChI=1S/C12H18INO3/c1-15-7-8-16-11-4-2-3-10(9-11)12(17-13)5-6-14/h2-4,9,12H,5-8,14H2,1H3. The molecule has 0 aliphatic carbocycles. The molecule has 17 heavy (non-hydrogen) atoms. The first-order valence-electron chi connectivity index (χ1n) is 5.51. The predicted octanol–water partition coefficient (Wildman–Crippen LogP) is 2.47. The highest BCUT2D eigenvalue weighted by Gasteiger charge is 2.11. The fraction of sp³-hybridized carbons (Fsp3) is 0.500. The Morgan fingerprint density at radius 1 is 1.35 bits per heavy atom. The number of benzene rings is 1. The molecule has 0 saturated carbocycles. The van der Waals surface area contributed by atoms with E-state index >= 15 is 0 Å². The maximum Gasteiger partial charge on any atom is 0.119 e. The van der Waals surface area contributed by atoms with E-state index in [4.69, 9.17) is 18.3 Å². The lowest BCUT2D eigenvalue weighted by atomic mass is 10.1. The minimum Gasteiger partial charge on any atom is -0.491 e. The van der Waals surface area contributed by atoms with Crippen LogP contribution in [0.2, 0.25) is 0 Å². The van der Waals surface area contributed by atoms with Crippen molar-refractivity contribution in [2.45, 2.75) is 12.5 Å². The summed E-state index contributed by atoms with van der Waals surface area (Å²) in [6.45, 7) is 1.73. The SMILES string of the molecule is COCCOc1cccc(C(CCN)OI)c1. The lowest BCUT2D eigenvalue weighted by molar-refractivity contribution is 0.146. The number of nitrogens with two attached hydrogens (primary N) is 1. The van der Waals surface area contributed by atoms with Crippen molar-refractivity contribution in [3.8, 4) is 5.75 Å². The molecule has 96 valence electrons. The monoisotopic (exact) mass is 351 g/mol. The molecule has 2 N–H and O–H groups in total. The molecule has 0 radical (unpaired) electrons. The zero-order valence-corrected chi connectivity index (χ0v) is 12.1. The Kier molecular flexibility index (Phi) is 7.50. The normalized spacial score (nSPS) is 12.4. The summed E-state index contributed by atoms with van der Waals surface area (Å²) in [6.07, 6.45) is 0.816. The van der Waals surface area contributed by atoms with Crippen LogP contribution in [0.3, 0.4) is 0 Å². The van der Waals surface area contributed by atoms with Gasteiger partial charge < -0.3 is 18.3 Å². The summed E-state index contributed by atoms with van der Waals surface area (Å²) in [5.74, 6) is 0.829. The number of halogens is 1. The van der Waals surface area contributed by atoms with Gasteiger partial charge in [0.15, 0.2) is 0 Å². The first-order valence-corrected chi connectivity index (χ1v) is 6.39. The Bertz CT molecular complexity index is 322. The Hall–Kier alpha value is -0.370. The van der Waals surface area contributed by atoms with Crippen LogP contribution in [0.4, 0.5) is 0 Å². The third-order valence-corrected chi connectivity index (χ3v) is 2.94. The molecule has 1 unspecified atom stereocenters. The first kappa shape index (κ1) is 14.7. The van der Waals surface area contributed by atoms with Crippen LogP contribution in [-0.2, 0) is 7.80 Å². The Morgan fingerprint density at radius 2 is 2.18 bits per heavy atom. The van der Waals surface area contributed by atoms with E-state index in [0.29, 0.717) is 19.8 Å². The number of hydrogen-bond donors (Lipinski definition) is 1. The van der Waals surface area contributed by atoms with Gasteiger partial charge in [-0.3, -0.25) is 0 Å². The average molecular weight is 351 g/mol. The molecule has 4 nitrogen and oxygen atoms in total. The number of ether oxygens (including phenoxy) is 2. The van der Waals surface area contributed by atoms with Gasteiger partial charge in [-0.25, -0.2) is 0 Å². The van der Waals surface area contributed by atoms with Crippen molar-refractivity contribution in [1.29, 1.82) is 0 Å². The van der Waals surface area contributed by atoms with Gasteiger partial charge in [-0.2, -0.15) is 0 Å². The Balaban J connectivity index is 2.63. The summed E-state index contributed by atoms with van der Waals surface area (Å²) < 4.78 is 15.8. The molecule has 0 aliphatic rings. The minimum absolute atomic E-state index is 0.0200. The largest absolute Gasteiger partial charge is 0.491 e. The molecule has 1 aromatic carbocycles. The maximum absolute atomic E-state index is 5.55. The van der Waals surface area contributed by atoms with E-state index in [2.05, 4.69) is 0 Å². The minimum atomic E-state index is 0.0200. The maximum atomic E-state index is 5.55. The summed E-state index contributed by atoms with van der Waals surface area (Å²) in [7, 11) is 1.65. The van der Waals surface area contributed by atoms with Crippen LogP contribution in [0.5, 0.6) is 5.75 Å². The summed E-state index contributed by atoms with van der Waals surface area (Å²) in [6, 6.07) is 7.87. The highest BCUT2D eigenvalue weighted by Crippen LogP contribution is 2.26. The van der Waals surface area contributed by atoms with Gasteiger partial charge in [0.05, 0.1) is 12.7 Å². The van der Waals surface area contributed by atoms with Crippen LogP contribution in [0.1, 0.15) is 18.1 Å². The van der Waals surface area contributed by atoms with Gasteiger partial charge in [0, 0.05) is 7.11 Å². The molecule has 1 aromatic rings. The third kappa shape index (κ3) is 5.20. The van der Waals surface area contributed by atoms with Crippen molar-refractivity contribution in [3.63, 3.8) is 0 Å². The van der Waals surface area contributed by atoms with Crippen molar-refractivity contribution in [1.82, 2.24) is 0 Å². The fourth-order valence-electron chi connectivity index (χ4n) is 1.46. The molecule has 1 rings (SSSR count). The molecular formula is C12H18INO3. The molecule has 1 atom stereocenters. The third-order valence-electron chi connectivity index (χ3n) is 2.32. The lowest BCUT2D eigenvalue weighted by Crippen LogP contribution is -2.08. The van der Waals surface area contributed by atoms with Crippen LogP contribution < -0.4 is 10.5 Å². The zero-order valence-electron chi connectivity index (χ0n) is 9.90. The van der Waals surface area contributed by atoms with E-state index in [1.54, 1.807) is 7.11 Å². The van der Waals surface area contributed by atoms with Crippen LogP contribution in [0.15, 0.2) is 24.3 Å². The summed E-state index contributed by atoms with van der Waals surface area (Å²) >= 11 is 1.91. The van der Waals surface area contributed by atoms with E-state index < -0.39 is 0 Å². The van der Waals surface area contributed by atoms with Gasteiger partial charge in [0.2, 0.25) is 0 Å². The lowest BCUT2D eigenvalue weighted by Gasteiger charge is -2.14. The highest BCUT2D eigenvalue weighted by atomic mass is 127. The van der Waals surface area contributed by atoms with Gasteiger partial charge in [-0.15, -0.1) is 0 Å². The van der Waals surface area contributed by atoms with Crippen LogP contribution in [0, 0.1) is 0 Å². The van der Waals surface area contributed by atoms with Gasteiger partial charge in [-0.05, 0) is 30.7 Å². The van der Waals surface area contributed by atoms with E-state index in [0.717, 1.165) is 17.7 Å². The van der Waals surface area contributed by atoms with Crippen molar-refractivity contribution in [2.24, 2.45) is 5.73 Å². The molecule has 0 aromatic heterocycles. The molecule has 0 amide bonds. The second-order valence-corrected chi connectivity index (χ2v) is 4.08. The molecule has 0 fully saturated rings. The van der Waals surface area contributed by atoms with Gasteiger partial charge in [0.1, 0.15) is 35.4 Å². The van der Waals surface area contributed by atoms with Crippen LogP contribution in [0.25, 0.3) is 0 Å². The number of methoxy groups -OCH3 is 1. The quantitative estimate of drug-likeness (QED) is 0.578. The van der Waals surface area contributed by atoms with Crippen molar-refractivity contribution in [2.75, 3.05) is 26.9 Å². The Labute approximate surface area is 116 Å². The molecular weight excluding hydrogens is 333 g/mol. The second kappa shape index (κ2) is 8.68. The van der Waals surface area contributed by atoms with Gasteiger partial charge in [-0.1, -0.05) is 12.1 Å². The zero-order chi connectivity index (χ0) is 12.5. The summed E-state index contributed by atoms with van der Waals surface area (Å²) in [5.41, 5.74) is 6.63. The molecule has 5 heteroatoms. The van der Waals surface area contributed by atoms with Gasteiger partial charge >= 0.3 is 0 Å². The van der Waals surface area contributed by atoms with Crippen LogP contribution >= 0.6 is 23.0 Å². The Morgan fingerprint density at radius 3 is 2.82 bits per heavy atom. The molecule has 0 heterocycles. The smallest absolute Gasteiger partial charge is 0.119 e. The second-order valence-electron chi connectivity index (χ2n) is 3.57.